The van der Waals surface area contributed by atoms with Crippen LogP contribution in [-0.4, -0.2) is 36.7 Å². The van der Waals surface area contributed by atoms with E-state index in [9.17, 15) is 9.59 Å². The minimum absolute atomic E-state index is 0.368. The van der Waals surface area contributed by atoms with Crippen LogP contribution < -0.4 is 5.32 Å². The maximum Gasteiger partial charge on any atom is 0.330 e. The molecule has 0 aliphatic rings. The summed E-state index contributed by atoms with van der Waals surface area (Å²) in [5.41, 5.74) is 1.11. The van der Waals surface area contributed by atoms with Gasteiger partial charge in [-0.25, -0.2) is 4.79 Å². The van der Waals surface area contributed by atoms with Gasteiger partial charge in [-0.3, -0.25) is 4.79 Å². The van der Waals surface area contributed by atoms with E-state index in [-0.39, 0.29) is 5.91 Å². The number of thiophene rings is 1. The van der Waals surface area contributed by atoms with Gasteiger partial charge in [-0.15, -0.1) is 11.3 Å². The smallest absolute Gasteiger partial charge is 0.330 e. The number of aliphatic hydroxyl groups is 1. The third kappa shape index (κ3) is 3.30. The van der Waals surface area contributed by atoms with E-state index in [0.29, 0.717) is 4.88 Å². The second-order valence-corrected chi connectivity index (χ2v) is 5.03. The van der Waals surface area contributed by atoms with Crippen LogP contribution in [0.15, 0.2) is 6.07 Å². The number of hydrogen-bond acceptors (Lipinski definition) is 5. The van der Waals surface area contributed by atoms with E-state index in [0.717, 1.165) is 16.9 Å². The first-order valence-corrected chi connectivity index (χ1v) is 6.44. The molecule has 5 nitrogen and oxygen atoms in total. The summed E-state index contributed by atoms with van der Waals surface area (Å²) in [7, 11) is 1.21. The predicted octanol–water partition coefficient (Wildman–Crippen LogP) is 0.883. The third-order valence-corrected chi connectivity index (χ3v) is 3.69. The molecule has 0 aromatic carbocycles. The van der Waals surface area contributed by atoms with Crippen LogP contribution in [0, 0.1) is 6.92 Å². The molecule has 0 fully saturated rings. The Bertz CT molecular complexity index is 441. The Balaban J connectivity index is 2.77. The van der Waals surface area contributed by atoms with E-state index < -0.39 is 18.6 Å². The van der Waals surface area contributed by atoms with Crippen LogP contribution in [0.25, 0.3) is 0 Å². The molecule has 6 heteroatoms. The van der Waals surface area contributed by atoms with Gasteiger partial charge in [-0.2, -0.15) is 0 Å². The molecule has 0 bridgehead atoms. The van der Waals surface area contributed by atoms with Crippen molar-refractivity contribution in [3.8, 4) is 0 Å². The van der Waals surface area contributed by atoms with Gasteiger partial charge in [0.15, 0.2) is 6.04 Å². The minimum atomic E-state index is -1.02. The van der Waals surface area contributed by atoms with Crippen molar-refractivity contribution in [2.45, 2.75) is 26.3 Å². The second-order valence-electron chi connectivity index (χ2n) is 3.78. The Morgan fingerprint density at radius 2 is 2.22 bits per heavy atom. The summed E-state index contributed by atoms with van der Waals surface area (Å²) >= 11 is 1.37. The number of hydrogen-bond donors (Lipinski definition) is 2. The maximum absolute atomic E-state index is 11.9. The van der Waals surface area contributed by atoms with Gasteiger partial charge in [0.05, 0.1) is 18.6 Å². The van der Waals surface area contributed by atoms with Crippen LogP contribution in [0.5, 0.6) is 0 Å². The van der Waals surface area contributed by atoms with E-state index in [2.05, 4.69) is 10.1 Å². The molecular weight excluding hydrogens is 254 g/mol. The fourth-order valence-electron chi connectivity index (χ4n) is 1.53. The lowest BCUT2D eigenvalue weighted by Gasteiger charge is -2.12. The van der Waals surface area contributed by atoms with Crippen molar-refractivity contribution >= 4 is 23.2 Å². The molecule has 2 N–H and O–H groups in total. The molecule has 0 saturated carbocycles. The lowest BCUT2D eigenvalue weighted by molar-refractivity contribution is -0.143. The van der Waals surface area contributed by atoms with Crippen LogP contribution in [0.1, 0.15) is 27.0 Å². The standard InChI is InChI=1S/C12H17NO4S/c1-4-8-5-10(18-7(8)2)11(15)13-9(6-14)12(16)17-3/h5,9,14H,4,6H2,1-3H3,(H,13,15)/t9-/m0/s1. The second kappa shape index (κ2) is 6.51. The molecule has 1 rings (SSSR count). The summed E-state index contributed by atoms with van der Waals surface area (Å²) in [6.45, 7) is 3.48. The maximum atomic E-state index is 11.9. The van der Waals surface area contributed by atoms with E-state index in [1.54, 1.807) is 6.07 Å². The first-order chi connectivity index (χ1) is 8.53. The summed E-state index contributed by atoms with van der Waals surface area (Å²) < 4.78 is 4.48. The van der Waals surface area contributed by atoms with Gasteiger partial charge in [0.25, 0.3) is 5.91 Å². The summed E-state index contributed by atoms with van der Waals surface area (Å²) in [4.78, 5) is 24.8. The summed E-state index contributed by atoms with van der Waals surface area (Å²) in [5, 5.41) is 11.5. The van der Waals surface area contributed by atoms with E-state index in [4.69, 9.17) is 5.11 Å². The van der Waals surface area contributed by atoms with Crippen LogP contribution in [0.4, 0.5) is 0 Å². The number of aryl methyl sites for hydroxylation is 2. The van der Waals surface area contributed by atoms with Crippen molar-refractivity contribution in [3.63, 3.8) is 0 Å². The normalized spacial score (nSPS) is 12.0. The van der Waals surface area contributed by atoms with Crippen LogP contribution in [0.3, 0.4) is 0 Å². The molecule has 100 valence electrons. The number of carbonyl (C=O) groups excluding carboxylic acids is 2. The van der Waals surface area contributed by atoms with Crippen molar-refractivity contribution in [2.75, 3.05) is 13.7 Å². The Hall–Kier alpha value is -1.40. The van der Waals surface area contributed by atoms with Crippen LogP contribution in [0.2, 0.25) is 0 Å². The van der Waals surface area contributed by atoms with Crippen molar-refractivity contribution in [1.82, 2.24) is 5.32 Å². The van der Waals surface area contributed by atoms with Gasteiger partial charge in [0, 0.05) is 4.88 Å². The summed E-state index contributed by atoms with van der Waals surface area (Å²) in [5.74, 6) is -1.03. The molecule has 0 aliphatic heterocycles. The van der Waals surface area contributed by atoms with E-state index >= 15 is 0 Å². The number of ether oxygens (including phenoxy) is 1. The summed E-state index contributed by atoms with van der Waals surface area (Å²) in [6, 6.07) is 0.788. The zero-order valence-corrected chi connectivity index (χ0v) is 11.5. The molecule has 18 heavy (non-hydrogen) atoms. The highest BCUT2D eigenvalue weighted by Gasteiger charge is 2.22. The quantitative estimate of drug-likeness (QED) is 0.780. The van der Waals surface area contributed by atoms with Gasteiger partial charge in [0.1, 0.15) is 0 Å². The van der Waals surface area contributed by atoms with Crippen molar-refractivity contribution in [1.29, 1.82) is 0 Å². The molecule has 1 atom stereocenters. The number of rotatable bonds is 5. The topological polar surface area (TPSA) is 75.6 Å². The van der Waals surface area contributed by atoms with Gasteiger partial charge in [0.2, 0.25) is 0 Å². The zero-order valence-electron chi connectivity index (χ0n) is 10.6. The number of amides is 1. The Morgan fingerprint density at radius 3 is 2.67 bits per heavy atom. The zero-order chi connectivity index (χ0) is 13.7. The molecule has 0 saturated heterocycles. The average molecular weight is 271 g/mol. The van der Waals surface area contributed by atoms with Gasteiger partial charge in [-0.05, 0) is 25.0 Å². The third-order valence-electron chi connectivity index (χ3n) is 2.60. The SMILES string of the molecule is CCc1cc(C(=O)N[C@@H](CO)C(=O)OC)sc1C. The molecule has 0 spiro atoms. The summed E-state index contributed by atoms with van der Waals surface area (Å²) in [6.07, 6.45) is 0.857. The van der Waals surface area contributed by atoms with Crippen molar-refractivity contribution in [2.24, 2.45) is 0 Å². The number of carbonyl (C=O) groups is 2. The molecule has 1 aromatic heterocycles. The number of methoxy groups -OCH3 is 1. The highest BCUT2D eigenvalue weighted by atomic mass is 32.1. The lowest BCUT2D eigenvalue weighted by Crippen LogP contribution is -2.43. The molecule has 0 aliphatic carbocycles. The van der Waals surface area contributed by atoms with E-state index in [1.807, 2.05) is 13.8 Å². The Kier molecular flexibility index (Phi) is 5.30. The molecule has 1 aromatic rings. The Morgan fingerprint density at radius 1 is 1.56 bits per heavy atom. The van der Waals surface area contributed by atoms with Crippen LogP contribution in [-0.2, 0) is 16.0 Å². The highest BCUT2D eigenvalue weighted by molar-refractivity contribution is 7.14. The molecule has 0 radical (unpaired) electrons. The minimum Gasteiger partial charge on any atom is -0.467 e. The van der Waals surface area contributed by atoms with Gasteiger partial charge in [-0.1, -0.05) is 6.92 Å². The monoisotopic (exact) mass is 271 g/mol. The molecular formula is C12H17NO4S. The van der Waals surface area contributed by atoms with Crippen molar-refractivity contribution in [3.05, 3.63) is 21.4 Å². The Labute approximate surface area is 110 Å². The highest BCUT2D eigenvalue weighted by Crippen LogP contribution is 2.21. The first-order valence-electron chi connectivity index (χ1n) is 5.62. The average Bonchev–Trinajstić information content (AvgIpc) is 2.76. The molecule has 0 unspecified atom stereocenters. The molecule has 1 amide bonds. The van der Waals surface area contributed by atoms with E-state index in [1.165, 1.54) is 18.4 Å². The fraction of sp³-hybridized carbons (Fsp3) is 0.500. The number of aliphatic hydroxyl groups excluding tert-OH is 1. The largest absolute Gasteiger partial charge is 0.467 e. The van der Waals surface area contributed by atoms with Crippen molar-refractivity contribution < 1.29 is 19.4 Å². The lowest BCUT2D eigenvalue weighted by atomic mass is 10.2. The number of esters is 1. The van der Waals surface area contributed by atoms with Gasteiger partial charge >= 0.3 is 5.97 Å². The first kappa shape index (κ1) is 14.7. The van der Waals surface area contributed by atoms with Gasteiger partial charge < -0.3 is 15.2 Å². The number of nitrogens with one attached hydrogen (secondary N) is 1. The fourth-order valence-corrected chi connectivity index (χ4v) is 2.55. The molecule has 1 heterocycles. The predicted molar refractivity (Wildman–Crippen MR) is 68.8 cm³/mol. The van der Waals surface area contributed by atoms with Crippen LogP contribution >= 0.6 is 11.3 Å².